The molecule has 0 unspecified atom stereocenters. The minimum Gasteiger partial charge on any atom is -0.479 e. The van der Waals surface area contributed by atoms with Gasteiger partial charge in [0.05, 0.1) is 17.2 Å². The molecule has 132 valence electrons. The zero-order valence-corrected chi connectivity index (χ0v) is 14.9. The summed E-state index contributed by atoms with van der Waals surface area (Å²) < 4.78 is 10.7. The standard InChI is InChI=1S/C19H20ClNO4/c1-3-16(25-17-11-6-5-10-15(17)20)18(22)21-14-9-7-8-13(12-14)19(23)24-4-2/h5-12,16H,3-4H2,1-2H3,(H,21,22)/t16-/m0/s1. The molecule has 0 aliphatic heterocycles. The third-order valence-electron chi connectivity index (χ3n) is 3.41. The molecular weight excluding hydrogens is 342 g/mol. The lowest BCUT2D eigenvalue weighted by Gasteiger charge is -2.18. The molecule has 5 nitrogen and oxygen atoms in total. The summed E-state index contributed by atoms with van der Waals surface area (Å²) in [5.41, 5.74) is 0.872. The molecule has 2 aromatic carbocycles. The Morgan fingerprint density at radius 1 is 1.12 bits per heavy atom. The fraction of sp³-hybridized carbons (Fsp3) is 0.263. The van der Waals surface area contributed by atoms with E-state index in [0.717, 1.165) is 0 Å². The Kier molecular flexibility index (Phi) is 6.83. The molecule has 0 saturated carbocycles. The van der Waals surface area contributed by atoms with Gasteiger partial charge < -0.3 is 14.8 Å². The predicted octanol–water partition coefficient (Wildman–Crippen LogP) is 4.31. The van der Waals surface area contributed by atoms with Crippen molar-refractivity contribution in [3.8, 4) is 5.75 Å². The summed E-state index contributed by atoms with van der Waals surface area (Å²) in [4.78, 5) is 24.2. The number of amides is 1. The van der Waals surface area contributed by atoms with Gasteiger partial charge in [-0.2, -0.15) is 0 Å². The van der Waals surface area contributed by atoms with E-state index in [0.29, 0.717) is 35.1 Å². The van der Waals surface area contributed by atoms with Crippen LogP contribution in [0.15, 0.2) is 48.5 Å². The Hall–Kier alpha value is -2.53. The highest BCUT2D eigenvalue weighted by atomic mass is 35.5. The number of hydrogen-bond acceptors (Lipinski definition) is 4. The van der Waals surface area contributed by atoms with Crippen molar-refractivity contribution in [1.82, 2.24) is 0 Å². The van der Waals surface area contributed by atoms with E-state index in [9.17, 15) is 9.59 Å². The van der Waals surface area contributed by atoms with E-state index in [-0.39, 0.29) is 5.91 Å². The van der Waals surface area contributed by atoms with Crippen LogP contribution < -0.4 is 10.1 Å². The Morgan fingerprint density at radius 3 is 2.56 bits per heavy atom. The van der Waals surface area contributed by atoms with E-state index in [4.69, 9.17) is 21.1 Å². The first-order valence-corrected chi connectivity index (χ1v) is 8.42. The largest absolute Gasteiger partial charge is 0.479 e. The maximum absolute atomic E-state index is 12.5. The number of hydrogen-bond donors (Lipinski definition) is 1. The van der Waals surface area contributed by atoms with Crippen LogP contribution in [0.5, 0.6) is 5.75 Å². The number of halogens is 1. The number of carbonyl (C=O) groups excluding carboxylic acids is 2. The van der Waals surface area contributed by atoms with Gasteiger partial charge >= 0.3 is 5.97 Å². The van der Waals surface area contributed by atoms with Gasteiger partial charge in [-0.05, 0) is 43.7 Å². The molecule has 0 aliphatic rings. The third kappa shape index (κ3) is 5.22. The van der Waals surface area contributed by atoms with Gasteiger partial charge in [-0.1, -0.05) is 36.7 Å². The molecule has 0 radical (unpaired) electrons. The van der Waals surface area contributed by atoms with Crippen molar-refractivity contribution in [2.24, 2.45) is 0 Å². The van der Waals surface area contributed by atoms with E-state index < -0.39 is 12.1 Å². The van der Waals surface area contributed by atoms with Crippen molar-refractivity contribution < 1.29 is 19.1 Å². The zero-order valence-electron chi connectivity index (χ0n) is 14.1. The minimum atomic E-state index is -0.703. The van der Waals surface area contributed by atoms with Crippen molar-refractivity contribution in [3.63, 3.8) is 0 Å². The Morgan fingerprint density at radius 2 is 1.88 bits per heavy atom. The number of carbonyl (C=O) groups is 2. The lowest BCUT2D eigenvalue weighted by molar-refractivity contribution is -0.122. The molecule has 0 spiro atoms. The minimum absolute atomic E-state index is 0.291. The van der Waals surface area contributed by atoms with Crippen LogP contribution in [0.1, 0.15) is 30.6 Å². The Labute approximate surface area is 151 Å². The average molecular weight is 362 g/mol. The van der Waals surface area contributed by atoms with Crippen LogP contribution in [0, 0.1) is 0 Å². The van der Waals surface area contributed by atoms with Gasteiger partial charge in [0.25, 0.3) is 5.91 Å². The molecule has 0 aliphatic carbocycles. The summed E-state index contributed by atoms with van der Waals surface area (Å²) in [5, 5.41) is 3.20. The number of para-hydroxylation sites is 1. The van der Waals surface area contributed by atoms with Crippen LogP contribution in [-0.4, -0.2) is 24.6 Å². The molecule has 0 heterocycles. The average Bonchev–Trinajstić information content (AvgIpc) is 2.61. The van der Waals surface area contributed by atoms with Crippen LogP contribution in [0.2, 0.25) is 5.02 Å². The van der Waals surface area contributed by atoms with Crippen LogP contribution in [0.3, 0.4) is 0 Å². The molecule has 0 saturated heterocycles. The monoisotopic (exact) mass is 361 g/mol. The lowest BCUT2D eigenvalue weighted by atomic mass is 10.2. The van der Waals surface area contributed by atoms with E-state index >= 15 is 0 Å². The highest BCUT2D eigenvalue weighted by Gasteiger charge is 2.20. The molecule has 0 bridgehead atoms. The first-order valence-electron chi connectivity index (χ1n) is 8.04. The number of rotatable bonds is 7. The van der Waals surface area contributed by atoms with Gasteiger partial charge in [-0.15, -0.1) is 0 Å². The topological polar surface area (TPSA) is 64.6 Å². The molecule has 1 N–H and O–H groups in total. The summed E-state index contributed by atoms with van der Waals surface area (Å²) in [5.74, 6) is -0.298. The SMILES string of the molecule is CCOC(=O)c1cccc(NC(=O)[C@H](CC)Oc2ccccc2Cl)c1. The molecule has 0 fully saturated rings. The molecule has 2 aromatic rings. The first kappa shape index (κ1) is 18.8. The number of nitrogens with one attached hydrogen (secondary N) is 1. The summed E-state index contributed by atoms with van der Waals surface area (Å²) >= 11 is 6.07. The van der Waals surface area contributed by atoms with Gasteiger partial charge in [0, 0.05) is 5.69 Å². The van der Waals surface area contributed by atoms with Crippen molar-refractivity contribution >= 4 is 29.2 Å². The molecule has 0 aromatic heterocycles. The van der Waals surface area contributed by atoms with Gasteiger partial charge in [0.15, 0.2) is 6.10 Å². The Bertz CT molecular complexity index is 748. The van der Waals surface area contributed by atoms with Gasteiger partial charge in [0.1, 0.15) is 5.75 Å². The molecule has 1 atom stereocenters. The fourth-order valence-corrected chi connectivity index (χ4v) is 2.36. The molecule has 25 heavy (non-hydrogen) atoms. The normalized spacial score (nSPS) is 11.5. The lowest BCUT2D eigenvalue weighted by Crippen LogP contribution is -2.32. The van der Waals surface area contributed by atoms with Gasteiger partial charge in [-0.3, -0.25) is 4.79 Å². The summed E-state index contributed by atoms with van der Waals surface area (Å²) in [6, 6.07) is 13.6. The maximum atomic E-state index is 12.5. The number of anilines is 1. The second-order valence-corrected chi connectivity index (χ2v) is 5.64. The number of esters is 1. The third-order valence-corrected chi connectivity index (χ3v) is 3.72. The number of ether oxygens (including phenoxy) is 2. The number of benzene rings is 2. The molecule has 1 amide bonds. The van der Waals surface area contributed by atoms with Crippen molar-refractivity contribution in [2.45, 2.75) is 26.4 Å². The Balaban J connectivity index is 2.08. The zero-order chi connectivity index (χ0) is 18.2. The van der Waals surface area contributed by atoms with Gasteiger partial charge in [-0.25, -0.2) is 4.79 Å². The van der Waals surface area contributed by atoms with Crippen LogP contribution in [0.25, 0.3) is 0 Å². The van der Waals surface area contributed by atoms with E-state index in [1.54, 1.807) is 55.5 Å². The van der Waals surface area contributed by atoms with Crippen molar-refractivity contribution in [2.75, 3.05) is 11.9 Å². The first-order chi connectivity index (χ1) is 12.0. The smallest absolute Gasteiger partial charge is 0.338 e. The predicted molar refractivity (Wildman–Crippen MR) is 97.2 cm³/mol. The summed E-state index contributed by atoms with van der Waals surface area (Å²) in [6.45, 7) is 3.87. The van der Waals surface area contributed by atoms with Crippen LogP contribution >= 0.6 is 11.6 Å². The van der Waals surface area contributed by atoms with Crippen LogP contribution in [-0.2, 0) is 9.53 Å². The maximum Gasteiger partial charge on any atom is 0.338 e. The van der Waals surface area contributed by atoms with E-state index in [1.807, 2.05) is 6.92 Å². The molecule has 2 rings (SSSR count). The van der Waals surface area contributed by atoms with Crippen molar-refractivity contribution in [1.29, 1.82) is 0 Å². The van der Waals surface area contributed by atoms with E-state index in [2.05, 4.69) is 5.32 Å². The fourth-order valence-electron chi connectivity index (χ4n) is 2.18. The molecule has 6 heteroatoms. The quantitative estimate of drug-likeness (QED) is 0.746. The highest BCUT2D eigenvalue weighted by molar-refractivity contribution is 6.32. The summed E-state index contributed by atoms with van der Waals surface area (Å²) in [6.07, 6.45) is -0.236. The van der Waals surface area contributed by atoms with Crippen LogP contribution in [0.4, 0.5) is 5.69 Å². The van der Waals surface area contributed by atoms with E-state index in [1.165, 1.54) is 0 Å². The molecular formula is C19H20ClNO4. The second kappa shape index (κ2) is 9.08. The highest BCUT2D eigenvalue weighted by Crippen LogP contribution is 2.25. The second-order valence-electron chi connectivity index (χ2n) is 5.24. The van der Waals surface area contributed by atoms with Gasteiger partial charge in [0.2, 0.25) is 0 Å². The van der Waals surface area contributed by atoms with Crippen molar-refractivity contribution in [3.05, 3.63) is 59.1 Å². The summed E-state index contributed by atoms with van der Waals surface area (Å²) in [7, 11) is 0.